The van der Waals surface area contributed by atoms with Gasteiger partial charge in [0.15, 0.2) is 11.5 Å². The third-order valence-electron chi connectivity index (χ3n) is 4.20. The lowest BCUT2D eigenvalue weighted by molar-refractivity contribution is 0.269. The Balaban J connectivity index is 1.63. The van der Waals surface area contributed by atoms with Gasteiger partial charge in [0.2, 0.25) is 0 Å². The van der Waals surface area contributed by atoms with Crippen LogP contribution in [0.1, 0.15) is 23.6 Å². The molecule has 0 amide bonds. The monoisotopic (exact) mass is 462 g/mol. The van der Waals surface area contributed by atoms with Crippen LogP contribution >= 0.6 is 34.8 Å². The van der Waals surface area contributed by atoms with Gasteiger partial charge in [-0.25, -0.2) is 0 Å². The van der Waals surface area contributed by atoms with Gasteiger partial charge in [0.05, 0.1) is 19.4 Å². The molecule has 0 aliphatic heterocycles. The summed E-state index contributed by atoms with van der Waals surface area (Å²) in [6.07, 6.45) is 1.70. The van der Waals surface area contributed by atoms with Crippen molar-refractivity contribution in [2.75, 3.05) is 6.61 Å². The lowest BCUT2D eigenvalue weighted by atomic mass is 10.2. The van der Waals surface area contributed by atoms with Gasteiger partial charge in [0.1, 0.15) is 6.61 Å². The second-order valence-electron chi connectivity index (χ2n) is 6.35. The molecular formula is C23H21Cl3N2O2. The summed E-state index contributed by atoms with van der Waals surface area (Å²) in [6.45, 7) is 3.31. The fourth-order valence-electron chi connectivity index (χ4n) is 2.68. The van der Waals surface area contributed by atoms with Crippen LogP contribution in [0.4, 0.5) is 0 Å². The number of hydrazone groups is 1. The largest absolute Gasteiger partial charge is 0.490 e. The lowest BCUT2D eigenvalue weighted by Gasteiger charge is -2.13. The number of nitrogens with one attached hydrogen (secondary N) is 1. The minimum absolute atomic E-state index is 0.421. The summed E-state index contributed by atoms with van der Waals surface area (Å²) in [6, 6.07) is 18.6. The van der Waals surface area contributed by atoms with Gasteiger partial charge in [-0.3, -0.25) is 0 Å². The molecule has 0 unspecified atom stereocenters. The number of ether oxygens (including phenoxy) is 2. The number of benzene rings is 3. The Morgan fingerprint density at radius 2 is 1.63 bits per heavy atom. The quantitative estimate of drug-likeness (QED) is 0.282. The predicted molar refractivity (Wildman–Crippen MR) is 124 cm³/mol. The van der Waals surface area contributed by atoms with Gasteiger partial charge in [-0.15, -0.1) is 0 Å². The molecule has 0 saturated heterocycles. The number of hydrogen-bond donors (Lipinski definition) is 1. The van der Waals surface area contributed by atoms with E-state index in [1.807, 2.05) is 55.5 Å². The van der Waals surface area contributed by atoms with Gasteiger partial charge in [0, 0.05) is 20.6 Å². The third-order valence-corrected chi connectivity index (χ3v) is 5.16. The van der Waals surface area contributed by atoms with E-state index in [1.54, 1.807) is 18.3 Å². The Labute approximate surface area is 191 Å². The van der Waals surface area contributed by atoms with Crippen LogP contribution in [0.5, 0.6) is 11.5 Å². The summed E-state index contributed by atoms with van der Waals surface area (Å²) in [5.74, 6) is 1.32. The Hall–Kier alpha value is -2.40. The van der Waals surface area contributed by atoms with Crippen molar-refractivity contribution in [1.82, 2.24) is 5.43 Å². The molecular weight excluding hydrogens is 443 g/mol. The van der Waals surface area contributed by atoms with Gasteiger partial charge in [0.25, 0.3) is 0 Å². The summed E-state index contributed by atoms with van der Waals surface area (Å²) in [5.41, 5.74) is 5.66. The first kappa shape index (κ1) is 22.3. The molecule has 3 aromatic rings. The van der Waals surface area contributed by atoms with E-state index >= 15 is 0 Å². The van der Waals surface area contributed by atoms with Gasteiger partial charge in [-0.2, -0.15) is 5.10 Å². The molecule has 0 aromatic heterocycles. The summed E-state index contributed by atoms with van der Waals surface area (Å²) in [4.78, 5) is 0. The molecule has 0 bridgehead atoms. The molecule has 4 nitrogen and oxygen atoms in total. The molecule has 0 aliphatic rings. The Kier molecular flexibility index (Phi) is 8.26. The molecule has 0 spiro atoms. The molecule has 0 aliphatic carbocycles. The first-order valence-electron chi connectivity index (χ1n) is 9.39. The third kappa shape index (κ3) is 6.30. The standard InChI is InChI=1S/C23H21Cl3N2O2/c1-2-29-23-12-17(13-27-28-14-19-20(25)4-3-5-21(19)26)8-11-22(23)30-15-16-6-9-18(24)10-7-16/h3-13,28H,2,14-15H2,1H3/b27-13-. The van der Waals surface area contributed by atoms with Gasteiger partial charge in [-0.1, -0.05) is 53.0 Å². The van der Waals surface area contributed by atoms with E-state index in [9.17, 15) is 0 Å². The van der Waals surface area contributed by atoms with Crippen LogP contribution in [0.2, 0.25) is 15.1 Å². The zero-order valence-electron chi connectivity index (χ0n) is 16.4. The van der Waals surface area contributed by atoms with Crippen LogP contribution < -0.4 is 14.9 Å². The van der Waals surface area contributed by atoms with Crippen molar-refractivity contribution in [3.05, 3.63) is 92.4 Å². The molecule has 0 atom stereocenters. The van der Waals surface area contributed by atoms with E-state index in [0.29, 0.717) is 46.3 Å². The highest BCUT2D eigenvalue weighted by Gasteiger charge is 2.07. The normalized spacial score (nSPS) is 10.9. The van der Waals surface area contributed by atoms with Crippen molar-refractivity contribution < 1.29 is 9.47 Å². The van der Waals surface area contributed by atoms with Gasteiger partial charge < -0.3 is 14.9 Å². The molecule has 0 saturated carbocycles. The summed E-state index contributed by atoms with van der Waals surface area (Å²) < 4.78 is 11.7. The molecule has 0 fully saturated rings. The van der Waals surface area contributed by atoms with Crippen molar-refractivity contribution in [2.45, 2.75) is 20.1 Å². The molecule has 156 valence electrons. The number of hydrogen-bond acceptors (Lipinski definition) is 4. The minimum atomic E-state index is 0.421. The predicted octanol–water partition coefficient (Wildman–Crippen LogP) is 6.75. The Morgan fingerprint density at radius 1 is 0.900 bits per heavy atom. The van der Waals surface area contributed by atoms with Crippen molar-refractivity contribution in [3.8, 4) is 11.5 Å². The zero-order chi connectivity index (χ0) is 21.3. The molecule has 1 N–H and O–H groups in total. The molecule has 0 radical (unpaired) electrons. The molecule has 30 heavy (non-hydrogen) atoms. The van der Waals surface area contributed by atoms with Crippen LogP contribution in [0.15, 0.2) is 65.8 Å². The smallest absolute Gasteiger partial charge is 0.161 e. The average Bonchev–Trinajstić information content (AvgIpc) is 2.73. The maximum absolute atomic E-state index is 6.17. The summed E-state index contributed by atoms with van der Waals surface area (Å²) in [5, 5.41) is 6.15. The Bertz CT molecular complexity index is 988. The average molecular weight is 464 g/mol. The van der Waals surface area contributed by atoms with Crippen LogP contribution in [-0.4, -0.2) is 12.8 Å². The van der Waals surface area contributed by atoms with Crippen LogP contribution in [0, 0.1) is 0 Å². The molecule has 3 rings (SSSR count). The van der Waals surface area contributed by atoms with E-state index in [0.717, 1.165) is 16.7 Å². The molecule has 3 aromatic carbocycles. The highest BCUT2D eigenvalue weighted by molar-refractivity contribution is 6.36. The fraction of sp³-hybridized carbons (Fsp3) is 0.174. The first-order chi connectivity index (χ1) is 14.6. The highest BCUT2D eigenvalue weighted by atomic mass is 35.5. The topological polar surface area (TPSA) is 42.8 Å². The van der Waals surface area contributed by atoms with Crippen molar-refractivity contribution in [1.29, 1.82) is 0 Å². The zero-order valence-corrected chi connectivity index (χ0v) is 18.6. The lowest BCUT2D eigenvalue weighted by Crippen LogP contribution is -2.07. The van der Waals surface area contributed by atoms with E-state index in [2.05, 4.69) is 10.5 Å². The number of halogens is 3. The summed E-state index contributed by atoms with van der Waals surface area (Å²) >= 11 is 18.3. The van der Waals surface area contributed by atoms with E-state index in [-0.39, 0.29) is 0 Å². The first-order valence-corrected chi connectivity index (χ1v) is 10.5. The maximum Gasteiger partial charge on any atom is 0.161 e. The van der Waals surface area contributed by atoms with E-state index < -0.39 is 0 Å². The number of nitrogens with zero attached hydrogens (tertiary/aromatic N) is 1. The highest BCUT2D eigenvalue weighted by Crippen LogP contribution is 2.29. The Morgan fingerprint density at radius 3 is 2.33 bits per heavy atom. The second kappa shape index (κ2) is 11.1. The SMILES string of the molecule is CCOc1cc(/C=N\NCc2c(Cl)cccc2Cl)ccc1OCc1ccc(Cl)cc1. The molecule has 7 heteroatoms. The van der Waals surface area contributed by atoms with Crippen molar-refractivity contribution >= 4 is 41.0 Å². The minimum Gasteiger partial charge on any atom is -0.490 e. The summed E-state index contributed by atoms with van der Waals surface area (Å²) in [7, 11) is 0. The maximum atomic E-state index is 6.17. The molecule has 0 heterocycles. The van der Waals surface area contributed by atoms with Gasteiger partial charge in [-0.05, 0) is 60.5 Å². The van der Waals surface area contributed by atoms with E-state index in [1.165, 1.54) is 0 Å². The fourth-order valence-corrected chi connectivity index (χ4v) is 3.34. The van der Waals surface area contributed by atoms with Crippen LogP contribution in [0.25, 0.3) is 0 Å². The van der Waals surface area contributed by atoms with Crippen LogP contribution in [-0.2, 0) is 13.2 Å². The van der Waals surface area contributed by atoms with E-state index in [4.69, 9.17) is 44.3 Å². The van der Waals surface area contributed by atoms with Crippen molar-refractivity contribution in [2.24, 2.45) is 5.10 Å². The number of rotatable bonds is 9. The van der Waals surface area contributed by atoms with Gasteiger partial charge >= 0.3 is 0 Å². The van der Waals surface area contributed by atoms with Crippen LogP contribution in [0.3, 0.4) is 0 Å². The second-order valence-corrected chi connectivity index (χ2v) is 7.60. The van der Waals surface area contributed by atoms with Crippen molar-refractivity contribution in [3.63, 3.8) is 0 Å².